The maximum Gasteiger partial charge on any atom is 0.265 e. The van der Waals surface area contributed by atoms with E-state index in [-0.39, 0.29) is 0 Å². The van der Waals surface area contributed by atoms with Gasteiger partial charge in [0, 0.05) is 11.8 Å². The topological polar surface area (TPSA) is 83.8 Å². The Morgan fingerprint density at radius 1 is 1.21 bits per heavy atom. The molecule has 0 bridgehead atoms. The second-order valence-corrected chi connectivity index (χ2v) is 7.74. The molecule has 0 spiro atoms. The molecule has 2 aromatic rings. The van der Waals surface area contributed by atoms with Crippen LogP contribution in [0.3, 0.4) is 0 Å². The molecule has 1 fully saturated rings. The Bertz CT molecular complexity index is 957. The maximum atomic E-state index is 12.0. The number of nitrogens with zero attached hydrogens (tertiary/aromatic N) is 2. The van der Waals surface area contributed by atoms with E-state index in [4.69, 9.17) is 5.73 Å². The van der Waals surface area contributed by atoms with Crippen LogP contribution >= 0.6 is 0 Å². The first-order chi connectivity index (χ1) is 13.7. The van der Waals surface area contributed by atoms with Crippen LogP contribution in [0.5, 0.6) is 0 Å². The Kier molecular flexibility index (Phi) is 5.31. The minimum absolute atomic E-state index is 0.351. The molecule has 1 aromatic heterocycles. The van der Waals surface area contributed by atoms with Gasteiger partial charge in [0.15, 0.2) is 0 Å². The van der Waals surface area contributed by atoms with Crippen LogP contribution in [0.2, 0.25) is 0 Å². The summed E-state index contributed by atoms with van der Waals surface area (Å²) in [4.78, 5) is 12.0. The summed E-state index contributed by atoms with van der Waals surface area (Å²) in [7, 11) is 0. The van der Waals surface area contributed by atoms with Crippen LogP contribution in [-0.2, 0) is 0 Å². The van der Waals surface area contributed by atoms with Gasteiger partial charge in [0.05, 0.1) is 11.3 Å². The normalized spacial score (nSPS) is 17.8. The largest absolute Gasteiger partial charge is 0.364 e. The van der Waals surface area contributed by atoms with E-state index in [1.165, 1.54) is 29.5 Å². The van der Waals surface area contributed by atoms with Crippen molar-refractivity contribution in [3.05, 3.63) is 58.9 Å². The van der Waals surface area contributed by atoms with E-state index >= 15 is 0 Å². The maximum absolute atomic E-state index is 12.0. The first-order valence-corrected chi connectivity index (χ1v) is 10.1. The third kappa shape index (κ3) is 3.61. The fraction of sp³-hybridized carbons (Fsp3) is 0.391. The highest BCUT2D eigenvalue weighted by molar-refractivity contribution is 5.93. The standard InChI is InChI=1S/C23H26N4O/c24-14-16-12-22(23(25)28)27(15-16)21-7-6-19(17-8-10-26-11-9-17)13-20(21)18-4-2-1-3-5-18/h4,6-7,12-13,15,17,26H,1-3,5,8-11H2,(H2,25,28). The van der Waals surface area contributed by atoms with Gasteiger partial charge in [-0.25, -0.2) is 0 Å². The Labute approximate surface area is 165 Å². The van der Waals surface area contributed by atoms with E-state index < -0.39 is 5.91 Å². The molecular weight excluding hydrogens is 348 g/mol. The van der Waals surface area contributed by atoms with E-state index in [0.717, 1.165) is 44.5 Å². The first-order valence-electron chi connectivity index (χ1n) is 10.1. The van der Waals surface area contributed by atoms with Gasteiger partial charge in [-0.3, -0.25) is 4.79 Å². The van der Waals surface area contributed by atoms with Gasteiger partial charge in [-0.2, -0.15) is 5.26 Å². The van der Waals surface area contributed by atoms with E-state index in [2.05, 4.69) is 35.7 Å². The summed E-state index contributed by atoms with van der Waals surface area (Å²) in [5, 5.41) is 12.7. The number of nitrogens with two attached hydrogens (primary N) is 1. The van der Waals surface area contributed by atoms with Crippen LogP contribution in [0.4, 0.5) is 0 Å². The number of aromatic nitrogens is 1. The van der Waals surface area contributed by atoms with Crippen molar-refractivity contribution in [3.63, 3.8) is 0 Å². The number of amides is 1. The highest BCUT2D eigenvalue weighted by Gasteiger charge is 2.21. The summed E-state index contributed by atoms with van der Waals surface area (Å²) >= 11 is 0. The van der Waals surface area contributed by atoms with Gasteiger partial charge in [0.2, 0.25) is 0 Å². The Hall–Kier alpha value is -2.84. The number of piperidine rings is 1. The van der Waals surface area contributed by atoms with Gasteiger partial charge < -0.3 is 15.6 Å². The van der Waals surface area contributed by atoms with E-state index in [1.54, 1.807) is 16.8 Å². The molecule has 2 heterocycles. The van der Waals surface area contributed by atoms with Crippen molar-refractivity contribution in [2.45, 2.75) is 44.4 Å². The number of carbonyl (C=O) groups is 1. The quantitative estimate of drug-likeness (QED) is 0.852. The number of nitrogens with one attached hydrogen (secondary N) is 1. The number of hydrogen-bond donors (Lipinski definition) is 2. The number of carbonyl (C=O) groups excluding carboxylic acids is 1. The molecule has 3 N–H and O–H groups in total. The van der Waals surface area contributed by atoms with Crippen molar-refractivity contribution in [2.24, 2.45) is 5.73 Å². The molecule has 5 heteroatoms. The predicted molar refractivity (Wildman–Crippen MR) is 110 cm³/mol. The van der Waals surface area contributed by atoms with Crippen molar-refractivity contribution in [1.29, 1.82) is 5.26 Å². The smallest absolute Gasteiger partial charge is 0.265 e. The molecule has 1 aromatic carbocycles. The molecule has 1 saturated heterocycles. The van der Waals surface area contributed by atoms with Gasteiger partial charge in [-0.05, 0) is 86.9 Å². The molecule has 2 aliphatic rings. The summed E-state index contributed by atoms with van der Waals surface area (Å²) in [6.45, 7) is 2.11. The first kappa shape index (κ1) is 18.5. The molecular formula is C23H26N4O. The fourth-order valence-electron chi connectivity index (χ4n) is 4.43. The summed E-state index contributed by atoms with van der Waals surface area (Å²) in [6.07, 6.45) is 10.9. The van der Waals surface area contributed by atoms with Gasteiger partial charge >= 0.3 is 0 Å². The van der Waals surface area contributed by atoms with Crippen LogP contribution in [0, 0.1) is 11.3 Å². The second kappa shape index (κ2) is 8.04. The average molecular weight is 374 g/mol. The third-order valence-corrected chi connectivity index (χ3v) is 5.93. The zero-order valence-electron chi connectivity index (χ0n) is 16.1. The molecule has 0 atom stereocenters. The van der Waals surface area contributed by atoms with Crippen molar-refractivity contribution in [3.8, 4) is 11.8 Å². The van der Waals surface area contributed by atoms with Crippen LogP contribution in [0.1, 0.15) is 71.6 Å². The lowest BCUT2D eigenvalue weighted by molar-refractivity contribution is 0.0994. The molecule has 0 saturated carbocycles. The van der Waals surface area contributed by atoms with Crippen LogP contribution in [-0.4, -0.2) is 23.6 Å². The Morgan fingerprint density at radius 3 is 2.71 bits per heavy atom. The number of rotatable bonds is 4. The molecule has 1 amide bonds. The molecule has 144 valence electrons. The van der Waals surface area contributed by atoms with Gasteiger partial charge in [0.25, 0.3) is 5.91 Å². The number of allylic oxidation sites excluding steroid dienone is 2. The highest BCUT2D eigenvalue weighted by atomic mass is 16.1. The SMILES string of the molecule is N#Cc1cc(C(N)=O)n(-c2ccc(C3CCNCC3)cc2C2=CCCCC2)c1. The van der Waals surface area contributed by atoms with E-state index in [0.29, 0.717) is 17.2 Å². The van der Waals surface area contributed by atoms with Crippen LogP contribution in [0.15, 0.2) is 36.5 Å². The third-order valence-electron chi connectivity index (χ3n) is 5.93. The van der Waals surface area contributed by atoms with E-state index in [9.17, 15) is 10.1 Å². The highest BCUT2D eigenvalue weighted by Crippen LogP contribution is 2.35. The lowest BCUT2D eigenvalue weighted by Crippen LogP contribution is -2.26. The zero-order chi connectivity index (χ0) is 19.5. The average Bonchev–Trinajstić information content (AvgIpc) is 3.19. The summed E-state index contributed by atoms with van der Waals surface area (Å²) in [6, 6.07) is 10.3. The predicted octanol–water partition coefficient (Wildman–Crippen LogP) is 3.87. The van der Waals surface area contributed by atoms with Crippen molar-refractivity contribution >= 4 is 11.5 Å². The molecule has 5 nitrogen and oxygen atoms in total. The molecule has 1 aliphatic carbocycles. The van der Waals surface area contributed by atoms with Crippen LogP contribution in [0.25, 0.3) is 11.3 Å². The minimum Gasteiger partial charge on any atom is -0.364 e. The second-order valence-electron chi connectivity index (χ2n) is 7.74. The summed E-state index contributed by atoms with van der Waals surface area (Å²) < 4.78 is 1.79. The van der Waals surface area contributed by atoms with Gasteiger partial charge in [0.1, 0.15) is 11.8 Å². The number of nitriles is 1. The molecule has 4 rings (SSSR count). The fourth-order valence-corrected chi connectivity index (χ4v) is 4.43. The lowest BCUT2D eigenvalue weighted by Gasteiger charge is -2.25. The minimum atomic E-state index is -0.521. The van der Waals surface area contributed by atoms with Crippen LogP contribution < -0.4 is 11.1 Å². The molecule has 0 radical (unpaired) electrons. The zero-order valence-corrected chi connectivity index (χ0v) is 16.1. The number of benzene rings is 1. The van der Waals surface area contributed by atoms with E-state index in [1.807, 2.05) is 0 Å². The van der Waals surface area contributed by atoms with Gasteiger partial charge in [-0.15, -0.1) is 0 Å². The molecule has 0 unspecified atom stereocenters. The Morgan fingerprint density at radius 2 is 2.04 bits per heavy atom. The number of primary amides is 1. The summed E-state index contributed by atoms with van der Waals surface area (Å²) in [5.74, 6) is 0.0423. The lowest BCUT2D eigenvalue weighted by atomic mass is 9.86. The van der Waals surface area contributed by atoms with Crippen molar-refractivity contribution in [1.82, 2.24) is 9.88 Å². The molecule has 28 heavy (non-hydrogen) atoms. The molecule has 1 aliphatic heterocycles. The van der Waals surface area contributed by atoms with Crippen molar-refractivity contribution in [2.75, 3.05) is 13.1 Å². The van der Waals surface area contributed by atoms with Gasteiger partial charge in [-0.1, -0.05) is 12.1 Å². The Balaban J connectivity index is 1.85. The monoisotopic (exact) mass is 374 g/mol. The van der Waals surface area contributed by atoms with Crippen molar-refractivity contribution < 1.29 is 4.79 Å². The number of hydrogen-bond acceptors (Lipinski definition) is 3. The summed E-state index contributed by atoms with van der Waals surface area (Å²) in [5.41, 5.74) is 11.2.